The summed E-state index contributed by atoms with van der Waals surface area (Å²) in [5, 5.41) is 0. The fraction of sp³-hybridized carbons (Fsp3) is 0.714. The van der Waals surface area contributed by atoms with Crippen LogP contribution in [0.15, 0.2) is 0 Å². The molecule has 0 fully saturated rings. The van der Waals surface area contributed by atoms with Crippen molar-refractivity contribution in [3.05, 3.63) is 0 Å². The first-order chi connectivity index (χ1) is 4.31. The van der Waals surface area contributed by atoms with E-state index in [1.807, 2.05) is 7.05 Å². The van der Waals surface area contributed by atoms with Crippen molar-refractivity contribution >= 4 is 0 Å². The Morgan fingerprint density at radius 2 is 2.33 bits per heavy atom. The largest absolute Gasteiger partial charge is 0.330 e. The average molecular weight is 126 g/mol. The van der Waals surface area contributed by atoms with Crippen LogP contribution < -0.4 is 5.73 Å². The van der Waals surface area contributed by atoms with Crippen molar-refractivity contribution in [2.75, 3.05) is 26.7 Å². The van der Waals surface area contributed by atoms with Crippen LogP contribution in [0.2, 0.25) is 0 Å². The zero-order valence-corrected chi connectivity index (χ0v) is 5.93. The fourth-order valence-electron chi connectivity index (χ4n) is 0.596. The minimum Gasteiger partial charge on any atom is -0.330 e. The van der Waals surface area contributed by atoms with Crippen molar-refractivity contribution in [3.63, 3.8) is 0 Å². The van der Waals surface area contributed by atoms with Crippen molar-refractivity contribution in [1.29, 1.82) is 0 Å². The van der Waals surface area contributed by atoms with Gasteiger partial charge < -0.3 is 5.73 Å². The summed E-state index contributed by atoms with van der Waals surface area (Å²) in [7, 11) is 2.00. The molecule has 0 saturated carbocycles. The molecule has 9 heavy (non-hydrogen) atoms. The summed E-state index contributed by atoms with van der Waals surface area (Å²) in [6.45, 7) is 2.47. The smallest absolute Gasteiger partial charge is 0.0596 e. The van der Waals surface area contributed by atoms with Gasteiger partial charge in [0, 0.05) is 0 Å². The molecule has 0 bridgehead atoms. The minimum absolute atomic E-state index is 0.722. The molecule has 0 radical (unpaired) electrons. The summed E-state index contributed by atoms with van der Waals surface area (Å²) in [5.74, 6) is 2.56. The third-order valence-corrected chi connectivity index (χ3v) is 1.11. The molecule has 0 rings (SSSR count). The molecule has 0 heterocycles. The monoisotopic (exact) mass is 126 g/mol. The molecule has 0 spiro atoms. The Morgan fingerprint density at radius 3 is 2.78 bits per heavy atom. The van der Waals surface area contributed by atoms with E-state index in [4.69, 9.17) is 12.2 Å². The summed E-state index contributed by atoms with van der Waals surface area (Å²) in [6.07, 6.45) is 6.10. The van der Waals surface area contributed by atoms with Crippen molar-refractivity contribution in [2.24, 2.45) is 5.73 Å². The Kier molecular flexibility index (Phi) is 5.29. The molecule has 0 atom stereocenters. The second kappa shape index (κ2) is 5.61. The topological polar surface area (TPSA) is 29.3 Å². The molecule has 2 heteroatoms. The predicted molar refractivity (Wildman–Crippen MR) is 40.0 cm³/mol. The highest BCUT2D eigenvalue weighted by atomic mass is 15.1. The molecule has 0 aromatic rings. The van der Waals surface area contributed by atoms with Crippen LogP contribution in [0.3, 0.4) is 0 Å². The molecule has 0 unspecified atom stereocenters. The maximum absolute atomic E-state index is 5.29. The van der Waals surface area contributed by atoms with E-state index < -0.39 is 0 Å². The molecule has 2 N–H and O–H groups in total. The van der Waals surface area contributed by atoms with Gasteiger partial charge in [0.05, 0.1) is 6.54 Å². The van der Waals surface area contributed by atoms with Crippen LogP contribution in [0, 0.1) is 12.3 Å². The van der Waals surface area contributed by atoms with Crippen molar-refractivity contribution in [3.8, 4) is 12.3 Å². The van der Waals surface area contributed by atoms with Gasteiger partial charge in [-0.25, -0.2) is 0 Å². The predicted octanol–water partition coefficient (Wildman–Crippen LogP) is -0.0998. The average Bonchev–Trinajstić information content (AvgIpc) is 1.85. The highest BCUT2D eigenvalue weighted by molar-refractivity contribution is 4.86. The van der Waals surface area contributed by atoms with E-state index in [1.165, 1.54) is 0 Å². The highest BCUT2D eigenvalue weighted by Gasteiger charge is 1.91. The van der Waals surface area contributed by atoms with Gasteiger partial charge in [-0.3, -0.25) is 4.90 Å². The van der Waals surface area contributed by atoms with Crippen LogP contribution in [0.25, 0.3) is 0 Å². The summed E-state index contributed by atoms with van der Waals surface area (Å²) in [5.41, 5.74) is 5.29. The van der Waals surface area contributed by atoms with E-state index in [0.717, 1.165) is 26.1 Å². The van der Waals surface area contributed by atoms with E-state index in [2.05, 4.69) is 10.8 Å². The summed E-state index contributed by atoms with van der Waals surface area (Å²) in [6, 6.07) is 0. The molecular formula is C7H14N2. The van der Waals surface area contributed by atoms with Crippen LogP contribution in [0.1, 0.15) is 6.42 Å². The molecule has 52 valence electrons. The molecule has 0 saturated heterocycles. The maximum atomic E-state index is 5.29. The Balaban J connectivity index is 3.08. The first-order valence-corrected chi connectivity index (χ1v) is 3.13. The first-order valence-electron chi connectivity index (χ1n) is 3.13. The zero-order valence-electron chi connectivity index (χ0n) is 5.93. The summed E-state index contributed by atoms with van der Waals surface area (Å²) < 4.78 is 0. The molecule has 0 aromatic carbocycles. The quantitative estimate of drug-likeness (QED) is 0.533. The van der Waals surface area contributed by atoms with E-state index in [1.54, 1.807) is 0 Å². The number of nitrogens with zero attached hydrogens (tertiary/aromatic N) is 1. The van der Waals surface area contributed by atoms with Crippen LogP contribution >= 0.6 is 0 Å². The Bertz CT molecular complexity index is 93.6. The number of rotatable bonds is 4. The van der Waals surface area contributed by atoms with Gasteiger partial charge in [0.1, 0.15) is 0 Å². The van der Waals surface area contributed by atoms with E-state index in [0.29, 0.717) is 0 Å². The lowest BCUT2D eigenvalue weighted by atomic mass is 10.4. The van der Waals surface area contributed by atoms with Gasteiger partial charge in [-0.2, -0.15) is 0 Å². The van der Waals surface area contributed by atoms with Crippen molar-refractivity contribution in [2.45, 2.75) is 6.42 Å². The molecule has 0 aliphatic carbocycles. The lowest BCUT2D eigenvalue weighted by Gasteiger charge is -2.10. The van der Waals surface area contributed by atoms with E-state index in [-0.39, 0.29) is 0 Å². The fourth-order valence-corrected chi connectivity index (χ4v) is 0.596. The van der Waals surface area contributed by atoms with Crippen molar-refractivity contribution in [1.82, 2.24) is 4.90 Å². The van der Waals surface area contributed by atoms with Gasteiger partial charge in [0.2, 0.25) is 0 Å². The van der Waals surface area contributed by atoms with Gasteiger partial charge in [-0.1, -0.05) is 5.92 Å². The second-order valence-corrected chi connectivity index (χ2v) is 2.08. The number of hydrogen-bond acceptors (Lipinski definition) is 2. The third kappa shape index (κ3) is 5.35. The van der Waals surface area contributed by atoms with Crippen LogP contribution in [-0.2, 0) is 0 Å². The highest BCUT2D eigenvalue weighted by Crippen LogP contribution is 1.82. The SMILES string of the molecule is C#CCN(C)CCCN. The van der Waals surface area contributed by atoms with Gasteiger partial charge in [-0.15, -0.1) is 6.42 Å². The molecule has 0 amide bonds. The van der Waals surface area contributed by atoms with Gasteiger partial charge in [-0.05, 0) is 26.6 Å². The standard InChI is InChI=1S/C7H14N2/c1-3-6-9(2)7-4-5-8/h1H,4-8H2,2H3. The molecule has 0 aliphatic rings. The lowest BCUT2D eigenvalue weighted by Crippen LogP contribution is -2.21. The molecule has 0 aliphatic heterocycles. The number of hydrogen-bond donors (Lipinski definition) is 1. The van der Waals surface area contributed by atoms with Gasteiger partial charge in [0.25, 0.3) is 0 Å². The van der Waals surface area contributed by atoms with Gasteiger partial charge in [0.15, 0.2) is 0 Å². The van der Waals surface area contributed by atoms with Crippen LogP contribution in [0.4, 0.5) is 0 Å². The van der Waals surface area contributed by atoms with Crippen molar-refractivity contribution < 1.29 is 0 Å². The Labute approximate surface area is 57.0 Å². The molecule has 2 nitrogen and oxygen atoms in total. The van der Waals surface area contributed by atoms with E-state index >= 15 is 0 Å². The van der Waals surface area contributed by atoms with Crippen LogP contribution in [0.5, 0.6) is 0 Å². The summed E-state index contributed by atoms with van der Waals surface area (Å²) >= 11 is 0. The lowest BCUT2D eigenvalue weighted by molar-refractivity contribution is 0.372. The Morgan fingerprint density at radius 1 is 1.67 bits per heavy atom. The zero-order chi connectivity index (χ0) is 7.11. The molecular weight excluding hydrogens is 112 g/mol. The normalized spacial score (nSPS) is 9.56. The van der Waals surface area contributed by atoms with Gasteiger partial charge >= 0.3 is 0 Å². The maximum Gasteiger partial charge on any atom is 0.0596 e. The van der Waals surface area contributed by atoms with E-state index in [9.17, 15) is 0 Å². The second-order valence-electron chi connectivity index (χ2n) is 2.08. The van der Waals surface area contributed by atoms with Crippen LogP contribution in [-0.4, -0.2) is 31.6 Å². The molecule has 0 aromatic heterocycles. The first kappa shape index (κ1) is 8.48. The number of terminal acetylenes is 1. The third-order valence-electron chi connectivity index (χ3n) is 1.11. The minimum atomic E-state index is 0.722. The number of nitrogens with two attached hydrogens (primary N) is 1. The summed E-state index contributed by atoms with van der Waals surface area (Å²) in [4.78, 5) is 2.08. The Hall–Kier alpha value is -0.520.